The van der Waals surface area contributed by atoms with E-state index in [0.29, 0.717) is 29.1 Å². The van der Waals surface area contributed by atoms with Crippen LogP contribution in [0, 0.1) is 0 Å². The summed E-state index contributed by atoms with van der Waals surface area (Å²) in [5.74, 6) is -0.870. The third-order valence-corrected chi connectivity index (χ3v) is 10.5. The highest BCUT2D eigenvalue weighted by Gasteiger charge is 2.42. The summed E-state index contributed by atoms with van der Waals surface area (Å²) in [5.41, 5.74) is 0.964. The summed E-state index contributed by atoms with van der Waals surface area (Å²) in [4.78, 5) is 27.4. The molecule has 1 saturated heterocycles. The van der Waals surface area contributed by atoms with Gasteiger partial charge in [0.25, 0.3) is 5.91 Å². The molecule has 0 saturated carbocycles. The van der Waals surface area contributed by atoms with Crippen molar-refractivity contribution >= 4 is 38.2 Å². The molecule has 3 heterocycles. The van der Waals surface area contributed by atoms with Gasteiger partial charge in [-0.15, -0.1) is 11.3 Å². The Labute approximate surface area is 223 Å². The molecule has 37 heavy (non-hydrogen) atoms. The smallest absolute Gasteiger partial charge is 0.341 e. The standard InChI is InChI=1S/C27H37N3O5S2/c1-7-35-25(32)21-20-16-26(3,4)29-27(5,6)22(20)36-24(21)28-23(31)18-11-13-19(14-12-18)37(33,34)30-15-9-8-10-17(30)2/h11-14,17,29H,7-10,15-16H2,1-6H3,(H,28,31)/t17-/m1/s1. The Morgan fingerprint density at radius 3 is 2.46 bits per heavy atom. The molecule has 1 aromatic heterocycles. The molecule has 0 spiro atoms. The molecule has 1 fully saturated rings. The molecule has 1 atom stereocenters. The van der Waals surface area contributed by atoms with Gasteiger partial charge in [0.15, 0.2) is 0 Å². The van der Waals surface area contributed by atoms with Crippen molar-refractivity contribution in [1.29, 1.82) is 0 Å². The zero-order chi connectivity index (χ0) is 27.2. The Hall–Kier alpha value is -2.27. The Kier molecular flexibility index (Phi) is 7.60. The number of rotatable bonds is 6. The average molecular weight is 548 g/mol. The van der Waals surface area contributed by atoms with Crippen molar-refractivity contribution in [3.63, 3.8) is 0 Å². The maximum atomic E-state index is 13.2. The molecule has 2 aliphatic heterocycles. The van der Waals surface area contributed by atoms with E-state index in [1.165, 1.54) is 35.6 Å². The Bertz CT molecular complexity index is 1300. The normalized spacial score (nSPS) is 21.2. The molecule has 1 amide bonds. The third kappa shape index (κ3) is 5.48. The van der Waals surface area contributed by atoms with E-state index in [-0.39, 0.29) is 23.1 Å². The quantitative estimate of drug-likeness (QED) is 0.499. The zero-order valence-corrected chi connectivity index (χ0v) is 24.1. The van der Waals surface area contributed by atoms with Gasteiger partial charge in [-0.25, -0.2) is 13.2 Å². The number of thiophene rings is 1. The van der Waals surface area contributed by atoms with Crippen LogP contribution in [-0.2, 0) is 26.7 Å². The molecule has 2 N–H and O–H groups in total. The number of benzene rings is 1. The largest absolute Gasteiger partial charge is 0.462 e. The fourth-order valence-electron chi connectivity index (χ4n) is 5.55. The number of nitrogens with one attached hydrogen (secondary N) is 2. The number of nitrogens with zero attached hydrogens (tertiary/aromatic N) is 1. The summed E-state index contributed by atoms with van der Waals surface area (Å²) < 4.78 is 33.2. The van der Waals surface area contributed by atoms with Crippen molar-refractivity contribution in [3.05, 3.63) is 45.8 Å². The van der Waals surface area contributed by atoms with Crippen LogP contribution in [-0.4, -0.2) is 49.3 Å². The first kappa shape index (κ1) is 27.8. The number of carbonyl (C=O) groups excluding carboxylic acids is 2. The van der Waals surface area contributed by atoms with Crippen LogP contribution in [0.15, 0.2) is 29.2 Å². The molecule has 4 rings (SSSR count). The summed E-state index contributed by atoms with van der Waals surface area (Å²) in [7, 11) is -3.63. The van der Waals surface area contributed by atoms with E-state index in [1.807, 2.05) is 6.92 Å². The highest BCUT2D eigenvalue weighted by Crippen LogP contribution is 2.45. The minimum atomic E-state index is -3.63. The predicted octanol–water partition coefficient (Wildman–Crippen LogP) is 4.90. The minimum absolute atomic E-state index is 0.0448. The number of hydrogen-bond donors (Lipinski definition) is 2. The van der Waals surface area contributed by atoms with E-state index >= 15 is 0 Å². The van der Waals surface area contributed by atoms with Gasteiger partial charge in [-0.1, -0.05) is 6.42 Å². The van der Waals surface area contributed by atoms with Gasteiger partial charge in [0.1, 0.15) is 5.00 Å². The molecule has 0 aliphatic carbocycles. The first-order valence-corrected chi connectivity index (χ1v) is 15.1. The topological polar surface area (TPSA) is 105 Å². The van der Waals surface area contributed by atoms with E-state index in [0.717, 1.165) is 29.7 Å². The SMILES string of the molecule is CCOC(=O)c1c(NC(=O)c2ccc(S(=O)(=O)N3CCCC[C@H]3C)cc2)sc2c1CC(C)(C)NC2(C)C. The van der Waals surface area contributed by atoms with E-state index in [1.54, 1.807) is 11.2 Å². The lowest BCUT2D eigenvalue weighted by atomic mass is 9.81. The highest BCUT2D eigenvalue weighted by atomic mass is 32.2. The number of esters is 1. The minimum Gasteiger partial charge on any atom is -0.462 e. The second-order valence-electron chi connectivity index (χ2n) is 11.1. The van der Waals surface area contributed by atoms with E-state index in [4.69, 9.17) is 4.74 Å². The highest BCUT2D eigenvalue weighted by molar-refractivity contribution is 7.89. The summed E-state index contributed by atoms with van der Waals surface area (Å²) in [5, 5.41) is 6.97. The van der Waals surface area contributed by atoms with Gasteiger partial charge in [0.05, 0.1) is 17.1 Å². The van der Waals surface area contributed by atoms with E-state index in [9.17, 15) is 18.0 Å². The van der Waals surface area contributed by atoms with Gasteiger partial charge in [0.2, 0.25) is 10.0 Å². The summed E-state index contributed by atoms with van der Waals surface area (Å²) in [6.45, 7) is 12.7. The molecule has 10 heteroatoms. The van der Waals surface area contributed by atoms with Gasteiger partial charge >= 0.3 is 5.97 Å². The van der Waals surface area contributed by atoms with Crippen LogP contribution >= 0.6 is 11.3 Å². The average Bonchev–Trinajstić information content (AvgIpc) is 3.16. The molecule has 2 aromatic rings. The van der Waals surface area contributed by atoms with Gasteiger partial charge in [-0.3, -0.25) is 4.79 Å². The Morgan fingerprint density at radius 2 is 1.84 bits per heavy atom. The fraction of sp³-hybridized carbons (Fsp3) is 0.556. The van der Waals surface area contributed by atoms with Crippen LogP contribution < -0.4 is 10.6 Å². The second kappa shape index (κ2) is 10.1. The van der Waals surface area contributed by atoms with E-state index < -0.39 is 27.4 Å². The molecule has 0 bridgehead atoms. The summed E-state index contributed by atoms with van der Waals surface area (Å²) in [6, 6.07) is 5.95. The molecule has 0 unspecified atom stereocenters. The number of ether oxygens (including phenoxy) is 1. The summed E-state index contributed by atoms with van der Waals surface area (Å²) >= 11 is 1.38. The van der Waals surface area contributed by atoms with Gasteiger partial charge in [0, 0.05) is 34.1 Å². The number of piperidine rings is 1. The molecule has 8 nitrogen and oxygen atoms in total. The maximum absolute atomic E-state index is 13.2. The van der Waals surface area contributed by atoms with Crippen LogP contribution in [0.4, 0.5) is 5.00 Å². The first-order valence-electron chi connectivity index (χ1n) is 12.8. The second-order valence-corrected chi connectivity index (χ2v) is 14.0. The molecular formula is C27H37N3O5S2. The Balaban J connectivity index is 1.63. The Morgan fingerprint density at radius 1 is 1.16 bits per heavy atom. The molecule has 2 aliphatic rings. The van der Waals surface area contributed by atoms with Crippen LogP contribution in [0.25, 0.3) is 0 Å². The predicted molar refractivity (Wildman–Crippen MR) is 146 cm³/mol. The van der Waals surface area contributed by atoms with Crippen LogP contribution in [0.2, 0.25) is 0 Å². The monoisotopic (exact) mass is 547 g/mol. The zero-order valence-electron chi connectivity index (χ0n) is 22.4. The first-order chi connectivity index (χ1) is 17.3. The number of sulfonamides is 1. The maximum Gasteiger partial charge on any atom is 0.341 e. The molecule has 0 radical (unpaired) electrons. The number of amides is 1. The van der Waals surface area contributed by atoms with Crippen molar-refractivity contribution in [1.82, 2.24) is 9.62 Å². The van der Waals surface area contributed by atoms with Crippen molar-refractivity contribution < 1.29 is 22.7 Å². The van der Waals surface area contributed by atoms with Crippen molar-refractivity contribution in [2.24, 2.45) is 0 Å². The van der Waals surface area contributed by atoms with Crippen molar-refractivity contribution in [2.75, 3.05) is 18.5 Å². The lowest BCUT2D eigenvalue weighted by Gasteiger charge is -2.42. The summed E-state index contributed by atoms with van der Waals surface area (Å²) in [6.07, 6.45) is 3.34. The van der Waals surface area contributed by atoms with Crippen LogP contribution in [0.3, 0.4) is 0 Å². The third-order valence-electron chi connectivity index (χ3n) is 7.02. The lowest BCUT2D eigenvalue weighted by molar-refractivity contribution is 0.0525. The van der Waals surface area contributed by atoms with Gasteiger partial charge in [-0.2, -0.15) is 4.31 Å². The molecular weight excluding hydrogens is 510 g/mol. The lowest BCUT2D eigenvalue weighted by Crippen LogP contribution is -2.55. The van der Waals surface area contributed by atoms with E-state index in [2.05, 4.69) is 38.3 Å². The van der Waals surface area contributed by atoms with Crippen molar-refractivity contribution in [2.45, 2.75) is 89.2 Å². The fourth-order valence-corrected chi connectivity index (χ4v) is 8.51. The number of carbonyl (C=O) groups is 2. The molecule has 202 valence electrons. The molecule has 1 aromatic carbocycles. The van der Waals surface area contributed by atoms with Gasteiger partial charge in [-0.05, 0) is 90.6 Å². The number of anilines is 1. The van der Waals surface area contributed by atoms with Crippen LogP contribution in [0.5, 0.6) is 0 Å². The number of hydrogen-bond acceptors (Lipinski definition) is 7. The van der Waals surface area contributed by atoms with Crippen LogP contribution in [0.1, 0.15) is 92.0 Å². The van der Waals surface area contributed by atoms with Crippen molar-refractivity contribution in [3.8, 4) is 0 Å². The number of fused-ring (bicyclic) bond motifs is 1. The van der Waals surface area contributed by atoms with Gasteiger partial charge < -0.3 is 15.4 Å².